The quantitative estimate of drug-likeness (QED) is 0.166. The van der Waals surface area contributed by atoms with E-state index < -0.39 is 12.0 Å². The topological polar surface area (TPSA) is 114 Å². The summed E-state index contributed by atoms with van der Waals surface area (Å²) >= 11 is 6.18. The predicted octanol–water partition coefficient (Wildman–Crippen LogP) is 8.37. The van der Waals surface area contributed by atoms with Gasteiger partial charge in [-0.1, -0.05) is 29.8 Å². The van der Waals surface area contributed by atoms with Gasteiger partial charge in [0.25, 0.3) is 6.01 Å². The first-order chi connectivity index (χ1) is 21.8. The first kappa shape index (κ1) is 29.1. The molecule has 0 bridgehead atoms. The van der Waals surface area contributed by atoms with Crippen LogP contribution in [0.25, 0.3) is 27.6 Å². The molecule has 5 aromatic rings. The van der Waals surface area contributed by atoms with E-state index in [9.17, 15) is 19.6 Å². The number of nitriles is 1. The zero-order chi connectivity index (χ0) is 31.1. The van der Waals surface area contributed by atoms with E-state index in [-0.39, 0.29) is 17.6 Å². The summed E-state index contributed by atoms with van der Waals surface area (Å²) in [5.41, 5.74) is 4.84. The molecule has 2 aromatic carbocycles. The molecule has 7 rings (SSSR count). The molecular formula is C35H30ClFN4O4. The van der Waals surface area contributed by atoms with E-state index in [1.54, 1.807) is 36.4 Å². The summed E-state index contributed by atoms with van der Waals surface area (Å²) in [6, 6.07) is 17.1. The van der Waals surface area contributed by atoms with Crippen molar-refractivity contribution in [2.75, 3.05) is 0 Å². The van der Waals surface area contributed by atoms with E-state index in [0.29, 0.717) is 46.3 Å². The van der Waals surface area contributed by atoms with Crippen LogP contribution in [0, 0.1) is 28.7 Å². The molecule has 8 nitrogen and oxygen atoms in total. The fourth-order valence-corrected chi connectivity index (χ4v) is 6.53. The Balaban J connectivity index is 1.06. The van der Waals surface area contributed by atoms with E-state index in [4.69, 9.17) is 30.7 Å². The molecule has 3 aromatic heterocycles. The van der Waals surface area contributed by atoms with Crippen LogP contribution in [0.1, 0.15) is 66.0 Å². The van der Waals surface area contributed by atoms with E-state index in [2.05, 4.69) is 16.7 Å². The van der Waals surface area contributed by atoms with Crippen molar-refractivity contribution < 1.29 is 23.4 Å². The smallest absolute Gasteiger partial charge is 0.335 e. The van der Waals surface area contributed by atoms with Crippen LogP contribution in [0.15, 0.2) is 65.1 Å². The molecule has 1 N–H and O–H groups in total. The van der Waals surface area contributed by atoms with Crippen LogP contribution in [0.3, 0.4) is 0 Å². The van der Waals surface area contributed by atoms with Crippen molar-refractivity contribution in [3.63, 3.8) is 0 Å². The molecule has 228 valence electrons. The third kappa shape index (κ3) is 5.90. The summed E-state index contributed by atoms with van der Waals surface area (Å²) in [5, 5.41) is 19.9. The Morgan fingerprint density at radius 2 is 2.07 bits per heavy atom. The van der Waals surface area contributed by atoms with Crippen LogP contribution < -0.4 is 4.74 Å². The van der Waals surface area contributed by atoms with Crippen LogP contribution in [-0.4, -0.2) is 25.6 Å². The number of hydrogen-bond acceptors (Lipinski definition) is 6. The number of pyridine rings is 1. The van der Waals surface area contributed by atoms with E-state index in [0.717, 1.165) is 66.6 Å². The molecule has 1 saturated carbocycles. The predicted molar refractivity (Wildman–Crippen MR) is 167 cm³/mol. The molecule has 0 amide bonds. The van der Waals surface area contributed by atoms with Gasteiger partial charge in [0.1, 0.15) is 18.0 Å². The number of aromatic nitrogens is 3. The van der Waals surface area contributed by atoms with Crippen LogP contribution in [0.4, 0.5) is 4.39 Å². The molecule has 0 radical (unpaired) electrons. The number of carboxylic acid groups (broad SMARTS) is 1. The molecule has 1 fully saturated rings. The second-order valence-electron chi connectivity index (χ2n) is 12.2. The van der Waals surface area contributed by atoms with Crippen molar-refractivity contribution in [2.45, 2.75) is 58.1 Å². The number of furan rings is 1. The highest BCUT2D eigenvalue weighted by atomic mass is 35.5. The molecule has 0 aliphatic heterocycles. The minimum Gasteiger partial charge on any atom is -0.478 e. The lowest BCUT2D eigenvalue weighted by Crippen LogP contribution is -2.17. The summed E-state index contributed by atoms with van der Waals surface area (Å²) in [6.45, 7) is 0.833. The number of halogens is 2. The molecule has 2 aliphatic carbocycles. The number of carboxylic acids is 1. The minimum atomic E-state index is -0.965. The molecule has 10 heteroatoms. The van der Waals surface area contributed by atoms with Crippen LogP contribution >= 0.6 is 11.6 Å². The van der Waals surface area contributed by atoms with Crippen molar-refractivity contribution in [2.24, 2.45) is 11.3 Å². The van der Waals surface area contributed by atoms with Gasteiger partial charge < -0.3 is 18.8 Å². The summed E-state index contributed by atoms with van der Waals surface area (Å²) in [4.78, 5) is 21.4. The fraction of sp³-hybridized carbons (Fsp3) is 0.314. The zero-order valence-corrected chi connectivity index (χ0v) is 25.2. The number of ether oxygens (including phenoxy) is 1. The molecule has 1 atom stereocenters. The van der Waals surface area contributed by atoms with Crippen LogP contribution in [0.5, 0.6) is 5.88 Å². The summed E-state index contributed by atoms with van der Waals surface area (Å²) in [7, 11) is 0. The average Bonchev–Trinajstić information content (AvgIpc) is 3.55. The Morgan fingerprint density at radius 3 is 2.82 bits per heavy atom. The summed E-state index contributed by atoms with van der Waals surface area (Å²) in [6.07, 6.45) is 8.16. The van der Waals surface area contributed by atoms with Crippen molar-refractivity contribution in [3.8, 4) is 11.9 Å². The highest BCUT2D eigenvalue weighted by Gasteiger charge is 2.43. The Morgan fingerprint density at radius 1 is 1.20 bits per heavy atom. The third-order valence-electron chi connectivity index (χ3n) is 9.08. The number of rotatable bonds is 10. The second kappa shape index (κ2) is 11.7. The van der Waals surface area contributed by atoms with Crippen LogP contribution in [-0.2, 0) is 19.6 Å². The number of imidazole rings is 1. The number of allylic oxidation sites excluding steroid dienone is 2. The lowest BCUT2D eigenvalue weighted by Gasteiger charge is -2.23. The van der Waals surface area contributed by atoms with Gasteiger partial charge in [-0.25, -0.2) is 14.8 Å². The normalized spacial score (nSPS) is 17.3. The Kier molecular flexibility index (Phi) is 7.54. The number of nitrogens with zero attached hydrogens (tertiary/aromatic N) is 4. The molecular weight excluding hydrogens is 595 g/mol. The number of fused-ring (bicyclic) bond motifs is 2. The van der Waals surface area contributed by atoms with Gasteiger partial charge in [0, 0.05) is 47.9 Å². The molecule has 2 aliphatic rings. The number of hydrogen-bond donors (Lipinski definition) is 1. The number of aromatic carboxylic acids is 1. The highest BCUT2D eigenvalue weighted by molar-refractivity contribution is 6.35. The molecule has 1 unspecified atom stereocenters. The maximum Gasteiger partial charge on any atom is 0.335 e. The number of carbonyl (C=O) groups is 1. The lowest BCUT2D eigenvalue weighted by atomic mass is 9.86. The third-order valence-corrected chi connectivity index (χ3v) is 9.41. The maximum atomic E-state index is 13.7. The summed E-state index contributed by atoms with van der Waals surface area (Å²) < 4.78 is 27.1. The van der Waals surface area contributed by atoms with Gasteiger partial charge in [-0.15, -0.1) is 0 Å². The average molecular weight is 625 g/mol. The van der Waals surface area contributed by atoms with Crippen molar-refractivity contribution in [1.29, 1.82) is 5.26 Å². The van der Waals surface area contributed by atoms with Crippen molar-refractivity contribution in [3.05, 3.63) is 94.4 Å². The van der Waals surface area contributed by atoms with Crippen LogP contribution in [0.2, 0.25) is 5.02 Å². The zero-order valence-electron chi connectivity index (χ0n) is 24.4. The largest absolute Gasteiger partial charge is 0.478 e. The molecule has 0 spiro atoms. The minimum absolute atomic E-state index is 0.0531. The van der Waals surface area contributed by atoms with E-state index >= 15 is 0 Å². The first-order valence-corrected chi connectivity index (χ1v) is 15.4. The van der Waals surface area contributed by atoms with E-state index in [1.807, 2.05) is 12.1 Å². The van der Waals surface area contributed by atoms with Crippen molar-refractivity contribution in [1.82, 2.24) is 14.5 Å². The van der Waals surface area contributed by atoms with Gasteiger partial charge >= 0.3 is 5.97 Å². The fourth-order valence-electron chi connectivity index (χ4n) is 6.33. The molecule has 3 heterocycles. The first-order valence-electron chi connectivity index (χ1n) is 15.1. The van der Waals surface area contributed by atoms with Gasteiger partial charge in [-0.05, 0) is 73.9 Å². The Bertz CT molecular complexity index is 2020. The lowest BCUT2D eigenvalue weighted by molar-refractivity contribution is 0.0697. The Labute approximate surface area is 263 Å². The van der Waals surface area contributed by atoms with Crippen molar-refractivity contribution >= 4 is 45.1 Å². The monoisotopic (exact) mass is 624 g/mol. The highest BCUT2D eigenvalue weighted by Crippen LogP contribution is 2.50. The second-order valence-corrected chi connectivity index (χ2v) is 12.6. The van der Waals surface area contributed by atoms with Gasteiger partial charge in [-0.2, -0.15) is 9.65 Å². The molecule has 0 saturated heterocycles. The van der Waals surface area contributed by atoms with Gasteiger partial charge in [0.2, 0.25) is 5.88 Å². The van der Waals surface area contributed by atoms with E-state index in [1.165, 1.54) is 6.07 Å². The standard InChI is InChI=1S/C35H30ClFN4O4/c36-26-10-8-24(33-25(26)18-30(37)45-33)19-44-32-3-1-2-27(40-32)22-6-4-21(5-7-22)16-31-39-28-11-9-23(34(42)43)17-29(28)41(31)20-35(12-13-35)14-15-38/h1-3,6,8-11,17-18,21H,4-5,7,12-14,16,19-20H2,(H,42,43). The number of benzene rings is 2. The van der Waals surface area contributed by atoms with Gasteiger partial charge in [0.15, 0.2) is 0 Å². The maximum absolute atomic E-state index is 13.7. The Hall–Kier alpha value is -4.68. The summed E-state index contributed by atoms with van der Waals surface area (Å²) in [5.74, 6) is 0.814. The van der Waals surface area contributed by atoms with Gasteiger partial charge in [0.05, 0.1) is 33.4 Å². The van der Waals surface area contributed by atoms with Gasteiger partial charge in [-0.3, -0.25) is 0 Å². The molecule has 45 heavy (non-hydrogen) atoms. The SMILES string of the molecule is N#CCC1(Cn2c(CC3CC=C(c4cccc(OCc5ccc(Cl)c6cc(F)oc56)n4)CC3)nc3ccc(C(=O)O)cc32)CC1.